The Kier molecular flexibility index (Phi) is 8.93. The van der Waals surface area contributed by atoms with Crippen molar-refractivity contribution in [3.8, 4) is 39.5 Å². The van der Waals surface area contributed by atoms with E-state index in [4.69, 9.17) is 0 Å². The maximum atomic E-state index is 13.6. The minimum atomic E-state index is -4.92. The molecule has 0 bridgehead atoms. The molecule has 3 aromatic carbocycles. The van der Waals surface area contributed by atoms with Crippen LogP contribution in [0.4, 0.5) is 26.3 Å². The van der Waals surface area contributed by atoms with Gasteiger partial charge in [0, 0.05) is 24.3 Å². The highest BCUT2D eigenvalue weighted by molar-refractivity contribution is 7.91. The van der Waals surface area contributed by atoms with Crippen molar-refractivity contribution in [3.05, 3.63) is 90.1 Å². The first-order valence-corrected chi connectivity index (χ1v) is 17.7. The second-order valence-corrected chi connectivity index (χ2v) is 15.1. The van der Waals surface area contributed by atoms with Gasteiger partial charge < -0.3 is 9.30 Å². The Bertz CT molecular complexity index is 2210. The maximum Gasteiger partial charge on any atom is 0.573 e. The first-order valence-electron chi connectivity index (χ1n) is 13.8. The van der Waals surface area contributed by atoms with Crippen molar-refractivity contribution in [3.63, 3.8) is 0 Å². The number of aryl methyl sites for hydroxylation is 2. The summed E-state index contributed by atoms with van der Waals surface area (Å²) < 4.78 is 134. The van der Waals surface area contributed by atoms with Crippen LogP contribution < -0.4 is 4.74 Å². The molecule has 0 N–H and O–H groups in total. The SMILES string of the molecule is Cc1nc(C(F)(F)F)cn1-c1ccc(-c2ccc(CCS(C)(=O)=O)c(S(C)(=O)=O)c2)cc1-n1nncc1-c1ccc(OC(F)(F)F)cc1. The number of sulfone groups is 2. The molecule has 2 heterocycles. The number of hydrogen-bond donors (Lipinski definition) is 0. The van der Waals surface area contributed by atoms with E-state index in [1.807, 2.05) is 0 Å². The number of rotatable bonds is 9. The zero-order valence-corrected chi connectivity index (χ0v) is 26.8. The number of alkyl halides is 6. The van der Waals surface area contributed by atoms with Crippen molar-refractivity contribution in [2.45, 2.75) is 30.8 Å². The van der Waals surface area contributed by atoms with E-state index < -0.39 is 43.7 Å². The number of hydrogen-bond acceptors (Lipinski definition) is 8. The van der Waals surface area contributed by atoms with E-state index in [9.17, 15) is 43.2 Å². The van der Waals surface area contributed by atoms with Gasteiger partial charge in [0.1, 0.15) is 21.4 Å². The van der Waals surface area contributed by atoms with E-state index >= 15 is 0 Å². The van der Waals surface area contributed by atoms with Crippen LogP contribution in [0, 0.1) is 6.92 Å². The van der Waals surface area contributed by atoms with E-state index in [-0.39, 0.29) is 45.5 Å². The molecule has 0 unspecified atom stereocenters. The van der Waals surface area contributed by atoms with Gasteiger partial charge in [0.15, 0.2) is 15.5 Å². The van der Waals surface area contributed by atoms with Crippen LogP contribution in [-0.4, -0.2) is 66.0 Å². The molecule has 0 aliphatic rings. The Labute approximate surface area is 270 Å². The van der Waals surface area contributed by atoms with Crippen LogP contribution in [0.2, 0.25) is 0 Å². The number of nitrogens with zero attached hydrogens (tertiary/aromatic N) is 5. The minimum absolute atomic E-state index is 0.0266. The third-order valence-corrected chi connectivity index (χ3v) is 9.24. The Hall–Kier alpha value is -4.71. The fourth-order valence-electron chi connectivity index (χ4n) is 4.95. The molecular formula is C30H25F6N5O5S2. The predicted molar refractivity (Wildman–Crippen MR) is 162 cm³/mol. The molecule has 48 heavy (non-hydrogen) atoms. The van der Waals surface area contributed by atoms with Gasteiger partial charge in [-0.1, -0.05) is 23.4 Å². The standard InChI is InChI=1S/C30H25F6N5O5S2/c1-18-38-28(29(31,32)33)17-40(18)24-11-8-21(22-5-4-20(12-13-47(2,42)43)27(15-22)48(3,44)45)14-25(24)41-26(16-37-39-41)19-6-9-23(10-7-19)46-30(34,35)36/h4-11,14-17H,12-13H2,1-3H3. The zero-order chi connectivity index (χ0) is 35.2. The van der Waals surface area contributed by atoms with E-state index in [0.717, 1.165) is 30.8 Å². The second-order valence-electron chi connectivity index (χ2n) is 10.8. The van der Waals surface area contributed by atoms with Gasteiger partial charge in [0.2, 0.25) is 0 Å². The van der Waals surface area contributed by atoms with Crippen LogP contribution in [0.3, 0.4) is 0 Å². The fourth-order valence-corrected chi connectivity index (χ4v) is 6.53. The lowest BCUT2D eigenvalue weighted by atomic mass is 10.0. The molecule has 0 aliphatic carbocycles. The predicted octanol–water partition coefficient (Wildman–Crippen LogP) is 6.00. The van der Waals surface area contributed by atoms with Gasteiger partial charge in [-0.2, -0.15) is 13.2 Å². The van der Waals surface area contributed by atoms with Crippen molar-refractivity contribution in [1.29, 1.82) is 0 Å². The van der Waals surface area contributed by atoms with E-state index in [0.29, 0.717) is 16.7 Å². The number of ether oxygens (including phenoxy) is 1. The highest BCUT2D eigenvalue weighted by Crippen LogP contribution is 2.35. The van der Waals surface area contributed by atoms with Gasteiger partial charge in [-0.15, -0.1) is 18.3 Å². The molecule has 18 heteroatoms. The summed E-state index contributed by atoms with van der Waals surface area (Å²) in [6.45, 7) is 1.36. The molecule has 0 saturated heterocycles. The Morgan fingerprint density at radius 2 is 1.44 bits per heavy atom. The first kappa shape index (κ1) is 34.6. The summed E-state index contributed by atoms with van der Waals surface area (Å²) in [5.41, 5.74) is 0.804. The quantitative estimate of drug-likeness (QED) is 0.170. The van der Waals surface area contributed by atoms with Gasteiger partial charge in [-0.25, -0.2) is 26.5 Å². The lowest BCUT2D eigenvalue weighted by Gasteiger charge is -2.17. The van der Waals surface area contributed by atoms with Gasteiger partial charge in [0.05, 0.1) is 33.9 Å². The van der Waals surface area contributed by atoms with Gasteiger partial charge in [0.25, 0.3) is 0 Å². The van der Waals surface area contributed by atoms with Crippen LogP contribution in [0.15, 0.2) is 78.0 Å². The summed E-state index contributed by atoms with van der Waals surface area (Å²) in [7, 11) is -7.24. The largest absolute Gasteiger partial charge is 0.573 e. The third-order valence-electron chi connectivity index (χ3n) is 7.11. The Balaban J connectivity index is 1.68. The summed E-state index contributed by atoms with van der Waals surface area (Å²) >= 11 is 0. The molecule has 0 atom stereocenters. The van der Waals surface area contributed by atoms with Crippen molar-refractivity contribution >= 4 is 19.7 Å². The normalized spacial score (nSPS) is 12.8. The van der Waals surface area contributed by atoms with Crippen molar-refractivity contribution in [1.82, 2.24) is 24.5 Å². The van der Waals surface area contributed by atoms with E-state index in [1.165, 1.54) is 58.8 Å². The highest BCUT2D eigenvalue weighted by atomic mass is 32.2. The number of imidazole rings is 1. The maximum absolute atomic E-state index is 13.6. The number of aromatic nitrogens is 5. The minimum Gasteiger partial charge on any atom is -0.406 e. The average molecular weight is 714 g/mol. The molecule has 5 rings (SSSR count). The van der Waals surface area contributed by atoms with Gasteiger partial charge in [-0.05, 0) is 72.5 Å². The topological polar surface area (TPSA) is 126 Å². The van der Waals surface area contributed by atoms with Crippen LogP contribution in [-0.2, 0) is 32.3 Å². The summed E-state index contributed by atoms with van der Waals surface area (Å²) in [5.74, 6) is -0.791. The van der Waals surface area contributed by atoms with Crippen LogP contribution >= 0.6 is 0 Å². The molecule has 0 amide bonds. The first-order chi connectivity index (χ1) is 22.2. The van der Waals surface area contributed by atoms with Crippen LogP contribution in [0.25, 0.3) is 33.8 Å². The summed E-state index contributed by atoms with van der Waals surface area (Å²) in [6.07, 6.45) is -5.61. The number of halogens is 6. The number of benzene rings is 3. The smallest absolute Gasteiger partial charge is 0.406 e. The molecule has 254 valence electrons. The Morgan fingerprint density at radius 3 is 2.02 bits per heavy atom. The lowest BCUT2D eigenvalue weighted by Crippen LogP contribution is -2.16. The van der Waals surface area contributed by atoms with Crippen LogP contribution in [0.1, 0.15) is 17.1 Å². The molecule has 2 aromatic heterocycles. The molecule has 0 saturated carbocycles. The second kappa shape index (κ2) is 12.4. The molecule has 0 fully saturated rings. The fraction of sp³-hybridized carbons (Fsp3) is 0.233. The highest BCUT2D eigenvalue weighted by Gasteiger charge is 2.35. The molecule has 10 nitrogen and oxygen atoms in total. The molecule has 0 aliphatic heterocycles. The summed E-state index contributed by atoms with van der Waals surface area (Å²) in [5, 5.41) is 8.04. The van der Waals surface area contributed by atoms with E-state index in [2.05, 4.69) is 20.0 Å². The van der Waals surface area contributed by atoms with Crippen molar-refractivity contribution in [2.24, 2.45) is 0 Å². The van der Waals surface area contributed by atoms with Crippen molar-refractivity contribution < 1.29 is 47.9 Å². The summed E-state index contributed by atoms with van der Waals surface area (Å²) in [6, 6.07) is 13.8. The molecule has 0 radical (unpaired) electrons. The van der Waals surface area contributed by atoms with Gasteiger partial charge in [-0.3, -0.25) is 0 Å². The monoisotopic (exact) mass is 713 g/mol. The molecule has 0 spiro atoms. The molecular weight excluding hydrogens is 688 g/mol. The average Bonchev–Trinajstić information content (AvgIpc) is 3.61. The Morgan fingerprint density at radius 1 is 0.812 bits per heavy atom. The summed E-state index contributed by atoms with van der Waals surface area (Å²) in [4.78, 5) is 3.54. The van der Waals surface area contributed by atoms with Crippen LogP contribution in [0.5, 0.6) is 5.75 Å². The van der Waals surface area contributed by atoms with Gasteiger partial charge >= 0.3 is 12.5 Å². The lowest BCUT2D eigenvalue weighted by molar-refractivity contribution is -0.274. The molecule has 5 aromatic rings. The van der Waals surface area contributed by atoms with Crippen molar-refractivity contribution in [2.75, 3.05) is 18.3 Å². The third kappa shape index (κ3) is 7.87. The zero-order valence-electron chi connectivity index (χ0n) is 25.2. The van der Waals surface area contributed by atoms with E-state index in [1.54, 1.807) is 12.1 Å².